The molecule has 1 aliphatic carbocycles. The summed E-state index contributed by atoms with van der Waals surface area (Å²) in [6.07, 6.45) is 4.09. The molecule has 1 saturated carbocycles. The Bertz CT molecular complexity index is 415. The zero-order valence-electron chi connectivity index (χ0n) is 9.46. The number of hydrogen-bond acceptors (Lipinski definition) is 2. The summed E-state index contributed by atoms with van der Waals surface area (Å²) in [4.78, 5) is 16.0. The van der Waals surface area contributed by atoms with Crippen LogP contribution < -0.4 is 5.32 Å². The molecule has 1 aromatic rings. The Morgan fingerprint density at radius 3 is 2.88 bits per heavy atom. The van der Waals surface area contributed by atoms with E-state index in [-0.39, 0.29) is 11.9 Å². The molecule has 0 aromatic carbocycles. The summed E-state index contributed by atoms with van der Waals surface area (Å²) < 4.78 is 0.874. The zero-order chi connectivity index (χ0) is 11.7. The standard InChI is InChI=1S/C12H15BrN2O/c1-7(9-3-4-9)15-12(16)10-5-11(13)8(2)14-6-10/h5-7,9H,3-4H2,1-2H3,(H,15,16)/t7-/m0/s1. The van der Waals surface area contributed by atoms with Crippen molar-refractivity contribution in [1.29, 1.82) is 0 Å². The van der Waals surface area contributed by atoms with Crippen LogP contribution in [0.4, 0.5) is 0 Å². The van der Waals surface area contributed by atoms with Crippen LogP contribution in [0, 0.1) is 12.8 Å². The molecule has 0 unspecified atom stereocenters. The van der Waals surface area contributed by atoms with Gasteiger partial charge in [0.1, 0.15) is 0 Å². The van der Waals surface area contributed by atoms with Crippen LogP contribution in [0.5, 0.6) is 0 Å². The van der Waals surface area contributed by atoms with Gasteiger partial charge in [-0.2, -0.15) is 0 Å². The van der Waals surface area contributed by atoms with Gasteiger partial charge in [-0.25, -0.2) is 0 Å². The van der Waals surface area contributed by atoms with Gasteiger partial charge in [0.05, 0.1) is 11.3 Å². The first-order chi connectivity index (χ1) is 7.58. The van der Waals surface area contributed by atoms with Gasteiger partial charge in [-0.1, -0.05) is 0 Å². The molecular formula is C12H15BrN2O. The van der Waals surface area contributed by atoms with Crippen LogP contribution in [0.25, 0.3) is 0 Å². The first kappa shape index (κ1) is 11.6. The highest BCUT2D eigenvalue weighted by molar-refractivity contribution is 9.10. The fourth-order valence-corrected chi connectivity index (χ4v) is 1.98. The number of hydrogen-bond donors (Lipinski definition) is 1. The monoisotopic (exact) mass is 282 g/mol. The maximum Gasteiger partial charge on any atom is 0.253 e. The van der Waals surface area contributed by atoms with Gasteiger partial charge >= 0.3 is 0 Å². The van der Waals surface area contributed by atoms with E-state index in [1.165, 1.54) is 12.8 Å². The average Bonchev–Trinajstić information content (AvgIpc) is 3.05. The van der Waals surface area contributed by atoms with Gasteiger partial charge in [-0.3, -0.25) is 9.78 Å². The number of nitrogens with zero attached hydrogens (tertiary/aromatic N) is 1. The molecule has 1 N–H and O–H groups in total. The Morgan fingerprint density at radius 2 is 2.31 bits per heavy atom. The molecule has 16 heavy (non-hydrogen) atoms. The molecule has 3 nitrogen and oxygen atoms in total. The molecule has 86 valence electrons. The highest BCUT2D eigenvalue weighted by atomic mass is 79.9. The highest BCUT2D eigenvalue weighted by Gasteiger charge is 2.29. The molecule has 0 aliphatic heterocycles. The summed E-state index contributed by atoms with van der Waals surface area (Å²) in [5, 5.41) is 3.01. The van der Waals surface area contributed by atoms with Gasteiger partial charge in [-0.15, -0.1) is 0 Å². The van der Waals surface area contributed by atoms with Crippen molar-refractivity contribution in [2.75, 3.05) is 0 Å². The summed E-state index contributed by atoms with van der Waals surface area (Å²) >= 11 is 3.38. The molecule has 1 aromatic heterocycles. The second kappa shape index (κ2) is 4.53. The fourth-order valence-electron chi connectivity index (χ4n) is 1.63. The summed E-state index contributed by atoms with van der Waals surface area (Å²) in [5.41, 5.74) is 1.51. The SMILES string of the molecule is Cc1ncc(C(=O)N[C@@H](C)C2CC2)cc1Br. The molecule has 0 saturated heterocycles. The second-order valence-corrected chi connectivity index (χ2v) is 5.25. The summed E-state index contributed by atoms with van der Waals surface area (Å²) in [7, 11) is 0. The second-order valence-electron chi connectivity index (χ2n) is 4.39. The van der Waals surface area contributed by atoms with Crippen molar-refractivity contribution in [2.24, 2.45) is 5.92 Å². The molecule has 0 bridgehead atoms. The molecule has 4 heteroatoms. The first-order valence-electron chi connectivity index (χ1n) is 5.51. The number of amides is 1. The number of halogens is 1. The minimum absolute atomic E-state index is 0.0346. The van der Waals surface area contributed by atoms with Gasteiger partial charge < -0.3 is 5.32 Å². The van der Waals surface area contributed by atoms with Crippen molar-refractivity contribution < 1.29 is 4.79 Å². The van der Waals surface area contributed by atoms with Crippen molar-refractivity contribution in [1.82, 2.24) is 10.3 Å². The molecule has 2 rings (SSSR count). The smallest absolute Gasteiger partial charge is 0.253 e. The van der Waals surface area contributed by atoms with E-state index in [4.69, 9.17) is 0 Å². The van der Waals surface area contributed by atoms with Gasteiger partial charge in [-0.05, 0) is 54.6 Å². The van der Waals surface area contributed by atoms with Crippen molar-refractivity contribution in [2.45, 2.75) is 32.7 Å². The molecule has 1 fully saturated rings. The van der Waals surface area contributed by atoms with E-state index in [2.05, 4.69) is 33.2 Å². The number of carbonyl (C=O) groups is 1. The van der Waals surface area contributed by atoms with Crippen LogP contribution in [0.2, 0.25) is 0 Å². The quantitative estimate of drug-likeness (QED) is 0.926. The number of pyridine rings is 1. The van der Waals surface area contributed by atoms with Crippen LogP contribution in [-0.4, -0.2) is 16.9 Å². The Hall–Kier alpha value is -0.900. The molecule has 1 atom stereocenters. The molecule has 1 amide bonds. The van der Waals surface area contributed by atoms with Crippen LogP contribution >= 0.6 is 15.9 Å². The van der Waals surface area contributed by atoms with Crippen molar-refractivity contribution >= 4 is 21.8 Å². The van der Waals surface area contributed by atoms with Crippen molar-refractivity contribution in [3.63, 3.8) is 0 Å². The van der Waals surface area contributed by atoms with E-state index in [9.17, 15) is 4.79 Å². The van der Waals surface area contributed by atoms with Crippen LogP contribution in [0.3, 0.4) is 0 Å². The van der Waals surface area contributed by atoms with E-state index >= 15 is 0 Å². The maximum absolute atomic E-state index is 11.9. The lowest BCUT2D eigenvalue weighted by Crippen LogP contribution is -2.34. The van der Waals surface area contributed by atoms with Gasteiger partial charge in [0.15, 0.2) is 0 Å². The van der Waals surface area contributed by atoms with E-state index < -0.39 is 0 Å². The molecular weight excluding hydrogens is 268 g/mol. The Balaban J connectivity index is 2.05. The van der Waals surface area contributed by atoms with E-state index in [1.807, 2.05) is 13.0 Å². The van der Waals surface area contributed by atoms with Crippen LogP contribution in [0.1, 0.15) is 35.8 Å². The van der Waals surface area contributed by atoms with Gasteiger partial charge in [0, 0.05) is 16.7 Å². The molecule has 1 aliphatic rings. The topological polar surface area (TPSA) is 42.0 Å². The van der Waals surface area contributed by atoms with E-state index in [0.717, 1.165) is 10.2 Å². The highest BCUT2D eigenvalue weighted by Crippen LogP contribution is 2.32. The third-order valence-electron chi connectivity index (χ3n) is 2.98. The number of aromatic nitrogens is 1. The lowest BCUT2D eigenvalue weighted by Gasteiger charge is -2.12. The largest absolute Gasteiger partial charge is 0.349 e. The summed E-state index contributed by atoms with van der Waals surface area (Å²) in [6, 6.07) is 2.09. The zero-order valence-corrected chi connectivity index (χ0v) is 11.0. The van der Waals surface area contributed by atoms with E-state index in [0.29, 0.717) is 11.5 Å². The predicted octanol–water partition coefficient (Wildman–Crippen LogP) is 2.68. The first-order valence-corrected chi connectivity index (χ1v) is 6.30. The van der Waals surface area contributed by atoms with Gasteiger partial charge in [0.25, 0.3) is 5.91 Å². The van der Waals surface area contributed by atoms with Crippen molar-refractivity contribution in [3.8, 4) is 0 Å². The normalized spacial score (nSPS) is 16.9. The Morgan fingerprint density at radius 1 is 1.62 bits per heavy atom. The average molecular weight is 283 g/mol. The Kier molecular flexibility index (Phi) is 3.28. The predicted molar refractivity (Wildman–Crippen MR) is 66.3 cm³/mol. The third kappa shape index (κ3) is 2.61. The minimum atomic E-state index is -0.0346. The van der Waals surface area contributed by atoms with Crippen molar-refractivity contribution in [3.05, 3.63) is 28.0 Å². The summed E-state index contributed by atoms with van der Waals surface area (Å²) in [5.74, 6) is 0.637. The van der Waals surface area contributed by atoms with Gasteiger partial charge in [0.2, 0.25) is 0 Å². The van der Waals surface area contributed by atoms with Crippen LogP contribution in [0.15, 0.2) is 16.7 Å². The lowest BCUT2D eigenvalue weighted by atomic mass is 10.2. The number of nitrogens with one attached hydrogen (secondary N) is 1. The van der Waals surface area contributed by atoms with Crippen LogP contribution in [-0.2, 0) is 0 Å². The Labute approximate surface area is 104 Å². The summed E-state index contributed by atoms with van der Waals surface area (Å²) in [6.45, 7) is 3.96. The number of carbonyl (C=O) groups excluding carboxylic acids is 1. The molecule has 1 heterocycles. The number of aryl methyl sites for hydroxylation is 1. The molecule has 0 radical (unpaired) electrons. The number of rotatable bonds is 3. The molecule has 0 spiro atoms. The lowest BCUT2D eigenvalue weighted by molar-refractivity contribution is 0.0935. The van der Waals surface area contributed by atoms with E-state index in [1.54, 1.807) is 6.20 Å². The minimum Gasteiger partial charge on any atom is -0.349 e. The fraction of sp³-hybridized carbons (Fsp3) is 0.500. The third-order valence-corrected chi connectivity index (χ3v) is 3.78. The maximum atomic E-state index is 11.9.